The Hall–Kier alpha value is -2.33. The molecule has 1 amide bonds. The first-order valence-electron chi connectivity index (χ1n) is 11.5. The minimum Gasteiger partial charge on any atom is -0.483 e. The van der Waals surface area contributed by atoms with Crippen LogP contribution in [0.4, 0.5) is 0 Å². The molecule has 2 aliphatic rings. The summed E-state index contributed by atoms with van der Waals surface area (Å²) in [6, 6.07) is 0.329. The Morgan fingerprint density at radius 2 is 1.77 bits per heavy atom. The van der Waals surface area contributed by atoms with Gasteiger partial charge in [-0.25, -0.2) is 0 Å². The van der Waals surface area contributed by atoms with Crippen molar-refractivity contribution in [2.45, 2.75) is 79.0 Å². The number of piperidine rings is 1. The highest BCUT2D eigenvalue weighted by Gasteiger charge is 2.37. The van der Waals surface area contributed by atoms with Gasteiger partial charge in [0.05, 0.1) is 0 Å². The second kappa shape index (κ2) is 10.8. The van der Waals surface area contributed by atoms with Gasteiger partial charge in [0, 0.05) is 36.1 Å². The molecule has 0 bridgehead atoms. The Balaban J connectivity index is 2.42. The number of amides is 1. The largest absolute Gasteiger partial charge is 0.483 e. The maximum atomic E-state index is 13.0. The summed E-state index contributed by atoms with van der Waals surface area (Å²) in [5, 5.41) is 3.41. The lowest BCUT2D eigenvalue weighted by Crippen LogP contribution is -2.44. The standard InChI is InChI=1S/C27H40N2O2/c1-9-10-11-24-23(8)31-27(14-16-28-17-15-27)18-25(24)21(6)12-13-22(7)26(30)29(19(2)3)20(4)5/h9-13,18-20,28H,8,14-17H2,1-7H3/b10-9-,21-12+,22-13+,24-11+. The van der Waals surface area contributed by atoms with Gasteiger partial charge in [-0.1, -0.05) is 37.0 Å². The predicted octanol–water partition coefficient (Wildman–Crippen LogP) is 5.62. The Morgan fingerprint density at radius 1 is 1.16 bits per heavy atom. The van der Waals surface area contributed by atoms with E-state index in [1.165, 1.54) is 0 Å². The molecule has 0 saturated carbocycles. The van der Waals surface area contributed by atoms with E-state index in [1.807, 2.05) is 37.0 Å². The summed E-state index contributed by atoms with van der Waals surface area (Å²) in [4.78, 5) is 14.9. The van der Waals surface area contributed by atoms with Crippen molar-refractivity contribution in [1.82, 2.24) is 10.2 Å². The quantitative estimate of drug-likeness (QED) is 0.444. The van der Waals surface area contributed by atoms with Crippen molar-refractivity contribution >= 4 is 5.91 Å². The first-order chi connectivity index (χ1) is 14.6. The number of allylic oxidation sites excluding steroid dienone is 7. The molecule has 0 aliphatic carbocycles. The zero-order valence-electron chi connectivity index (χ0n) is 20.4. The van der Waals surface area contributed by atoms with Crippen LogP contribution in [0.2, 0.25) is 0 Å². The highest BCUT2D eigenvalue weighted by atomic mass is 16.5. The molecule has 0 radical (unpaired) electrons. The summed E-state index contributed by atoms with van der Waals surface area (Å²) in [5.74, 6) is 0.798. The van der Waals surface area contributed by atoms with Crippen LogP contribution < -0.4 is 5.32 Å². The van der Waals surface area contributed by atoms with Gasteiger partial charge in [0.25, 0.3) is 0 Å². The maximum absolute atomic E-state index is 13.0. The number of hydrogen-bond acceptors (Lipinski definition) is 3. The van der Waals surface area contributed by atoms with E-state index in [4.69, 9.17) is 4.74 Å². The average molecular weight is 425 g/mol. The number of nitrogens with zero attached hydrogens (tertiary/aromatic N) is 1. The predicted molar refractivity (Wildman–Crippen MR) is 131 cm³/mol. The molecule has 0 atom stereocenters. The molecule has 2 heterocycles. The smallest absolute Gasteiger partial charge is 0.249 e. The molecule has 0 aromatic heterocycles. The molecular weight excluding hydrogens is 384 g/mol. The van der Waals surface area contributed by atoms with Crippen LogP contribution in [-0.4, -0.2) is 41.6 Å². The Kier molecular flexibility index (Phi) is 8.69. The van der Waals surface area contributed by atoms with Gasteiger partial charge in [0.15, 0.2) is 0 Å². The molecule has 4 nitrogen and oxygen atoms in total. The molecule has 2 rings (SSSR count). The van der Waals surface area contributed by atoms with Crippen molar-refractivity contribution < 1.29 is 9.53 Å². The second-order valence-electron chi connectivity index (χ2n) is 9.10. The van der Waals surface area contributed by atoms with Crippen LogP contribution in [-0.2, 0) is 9.53 Å². The van der Waals surface area contributed by atoms with Crippen LogP contribution in [0.25, 0.3) is 0 Å². The molecular formula is C27H40N2O2. The Labute approximate surface area is 189 Å². The van der Waals surface area contributed by atoms with Gasteiger partial charge in [-0.2, -0.15) is 0 Å². The number of carbonyl (C=O) groups excluding carboxylic acids is 1. The van der Waals surface area contributed by atoms with Crippen LogP contribution in [0.15, 0.2) is 71.1 Å². The number of hydrogen-bond donors (Lipinski definition) is 1. The van der Waals surface area contributed by atoms with Crippen LogP contribution >= 0.6 is 0 Å². The first kappa shape index (κ1) is 24.9. The molecule has 1 saturated heterocycles. The van der Waals surface area contributed by atoms with Crippen molar-refractivity contribution in [3.8, 4) is 0 Å². The summed E-state index contributed by atoms with van der Waals surface area (Å²) in [6.45, 7) is 20.3. The Morgan fingerprint density at radius 3 is 2.32 bits per heavy atom. The topological polar surface area (TPSA) is 41.6 Å². The van der Waals surface area contributed by atoms with Crippen molar-refractivity contribution in [1.29, 1.82) is 0 Å². The lowest BCUT2D eigenvalue weighted by atomic mass is 9.82. The third kappa shape index (κ3) is 6.10. The molecule has 0 aromatic carbocycles. The fraction of sp³-hybridized carbons (Fsp3) is 0.519. The van der Waals surface area contributed by atoms with Gasteiger partial charge >= 0.3 is 0 Å². The third-order valence-electron chi connectivity index (χ3n) is 5.92. The number of carbonyl (C=O) groups is 1. The molecule has 170 valence electrons. The summed E-state index contributed by atoms with van der Waals surface area (Å²) < 4.78 is 6.34. The summed E-state index contributed by atoms with van der Waals surface area (Å²) >= 11 is 0. The lowest BCUT2D eigenvalue weighted by molar-refractivity contribution is -0.130. The van der Waals surface area contributed by atoms with Gasteiger partial charge in [-0.3, -0.25) is 4.79 Å². The highest BCUT2D eigenvalue weighted by molar-refractivity contribution is 5.93. The maximum Gasteiger partial charge on any atom is 0.249 e. The van der Waals surface area contributed by atoms with Gasteiger partial charge < -0.3 is 15.0 Å². The van der Waals surface area contributed by atoms with Crippen LogP contribution in [0, 0.1) is 0 Å². The molecule has 1 N–H and O–H groups in total. The average Bonchev–Trinajstić information content (AvgIpc) is 2.70. The fourth-order valence-electron chi connectivity index (χ4n) is 4.30. The molecule has 1 fully saturated rings. The van der Waals surface area contributed by atoms with E-state index in [-0.39, 0.29) is 23.6 Å². The lowest BCUT2D eigenvalue weighted by Gasteiger charge is -2.41. The third-order valence-corrected chi connectivity index (χ3v) is 5.92. The minimum atomic E-state index is -0.305. The van der Waals surface area contributed by atoms with Crippen molar-refractivity contribution in [2.24, 2.45) is 0 Å². The second-order valence-corrected chi connectivity index (χ2v) is 9.10. The minimum absolute atomic E-state index is 0.0823. The summed E-state index contributed by atoms with van der Waals surface area (Å²) in [5.41, 5.74) is 3.67. The molecule has 0 aromatic rings. The van der Waals surface area contributed by atoms with Crippen molar-refractivity contribution in [3.05, 3.63) is 71.1 Å². The molecule has 1 spiro atoms. The molecule has 4 heteroatoms. The van der Waals surface area contributed by atoms with Gasteiger partial charge in [0.2, 0.25) is 5.91 Å². The Bertz CT molecular complexity index is 823. The van der Waals surface area contributed by atoms with Gasteiger partial charge in [-0.05, 0) is 78.8 Å². The van der Waals surface area contributed by atoms with E-state index in [0.29, 0.717) is 5.76 Å². The zero-order chi connectivity index (χ0) is 23.2. The van der Waals surface area contributed by atoms with E-state index < -0.39 is 0 Å². The van der Waals surface area contributed by atoms with E-state index in [0.717, 1.165) is 48.2 Å². The molecule has 31 heavy (non-hydrogen) atoms. The molecule has 0 unspecified atom stereocenters. The van der Waals surface area contributed by atoms with Gasteiger partial charge in [-0.15, -0.1) is 0 Å². The van der Waals surface area contributed by atoms with Crippen molar-refractivity contribution in [2.75, 3.05) is 13.1 Å². The number of nitrogens with one attached hydrogen (secondary N) is 1. The molecule has 2 aliphatic heterocycles. The number of ether oxygens (including phenoxy) is 1. The summed E-state index contributed by atoms with van der Waals surface area (Å²) in [6.07, 6.45) is 14.2. The SMILES string of the molecule is C=C1OC2(C=C(/C(C)=C/C=C(\C)C(=O)N(C(C)C)C(C)C)/C1=C/C=C\C)CCNCC2. The summed E-state index contributed by atoms with van der Waals surface area (Å²) in [7, 11) is 0. The van der Waals surface area contributed by atoms with E-state index >= 15 is 0 Å². The van der Waals surface area contributed by atoms with E-state index in [1.54, 1.807) is 0 Å². The normalized spacial score (nSPS) is 21.3. The number of rotatable bonds is 6. The van der Waals surface area contributed by atoms with E-state index in [9.17, 15) is 4.79 Å². The fourth-order valence-corrected chi connectivity index (χ4v) is 4.30. The first-order valence-corrected chi connectivity index (χ1v) is 11.5. The zero-order valence-corrected chi connectivity index (χ0v) is 20.4. The van der Waals surface area contributed by atoms with Crippen LogP contribution in [0.1, 0.15) is 61.3 Å². The van der Waals surface area contributed by atoms with Crippen LogP contribution in [0.3, 0.4) is 0 Å². The van der Waals surface area contributed by atoms with Gasteiger partial charge in [0.1, 0.15) is 11.4 Å². The van der Waals surface area contributed by atoms with Crippen LogP contribution in [0.5, 0.6) is 0 Å². The monoisotopic (exact) mass is 424 g/mol. The van der Waals surface area contributed by atoms with Crippen molar-refractivity contribution in [3.63, 3.8) is 0 Å². The highest BCUT2D eigenvalue weighted by Crippen LogP contribution is 2.40. The van der Waals surface area contributed by atoms with E-state index in [2.05, 4.69) is 64.7 Å².